The molecule has 10 heteroatoms. The van der Waals surface area contributed by atoms with Crippen molar-refractivity contribution in [3.63, 3.8) is 0 Å². The maximum Gasteiger partial charge on any atom is 0.184 e. The molecule has 176 valence electrons. The molecule has 35 heavy (non-hydrogen) atoms. The van der Waals surface area contributed by atoms with E-state index in [0.29, 0.717) is 33.3 Å². The lowest BCUT2D eigenvalue weighted by atomic mass is 9.84. The van der Waals surface area contributed by atoms with Gasteiger partial charge in [0.15, 0.2) is 11.5 Å². The molecule has 0 radical (unpaired) electrons. The number of H-pyrrole nitrogens is 1. The van der Waals surface area contributed by atoms with Crippen molar-refractivity contribution in [2.45, 2.75) is 38.0 Å². The Hall–Kier alpha value is -3.49. The largest absolute Gasteiger partial charge is 0.457 e. The fourth-order valence-electron chi connectivity index (χ4n) is 4.76. The predicted molar refractivity (Wildman–Crippen MR) is 134 cm³/mol. The summed E-state index contributed by atoms with van der Waals surface area (Å²) in [5.74, 6) is 2.29. The lowest BCUT2D eigenvalue weighted by Crippen LogP contribution is -2.12. The van der Waals surface area contributed by atoms with Gasteiger partial charge in [0, 0.05) is 23.7 Å². The van der Waals surface area contributed by atoms with Gasteiger partial charge < -0.3 is 4.74 Å². The minimum atomic E-state index is 0.400. The fraction of sp³-hybridized carbons (Fsp3) is 0.240. The van der Waals surface area contributed by atoms with Crippen LogP contribution in [-0.4, -0.2) is 35.2 Å². The van der Waals surface area contributed by atoms with Crippen LogP contribution < -0.4 is 4.74 Å². The summed E-state index contributed by atoms with van der Waals surface area (Å²) in [7, 11) is 0. The van der Waals surface area contributed by atoms with Crippen molar-refractivity contribution < 1.29 is 4.74 Å². The number of nitrogens with zero attached hydrogens (tertiary/aromatic N) is 6. The van der Waals surface area contributed by atoms with Crippen molar-refractivity contribution in [1.82, 2.24) is 35.2 Å². The predicted octanol–water partition coefficient (Wildman–Crippen LogP) is 6.72. The molecule has 0 spiro atoms. The van der Waals surface area contributed by atoms with E-state index in [1.165, 1.54) is 25.0 Å². The Bertz CT molecular complexity index is 1480. The van der Waals surface area contributed by atoms with E-state index in [-0.39, 0.29) is 0 Å². The molecule has 8 nitrogen and oxygen atoms in total. The van der Waals surface area contributed by atoms with Crippen molar-refractivity contribution in [3.05, 3.63) is 70.6 Å². The summed E-state index contributed by atoms with van der Waals surface area (Å²) in [6, 6.07) is 13.2. The van der Waals surface area contributed by atoms with Gasteiger partial charge in [0.2, 0.25) is 0 Å². The van der Waals surface area contributed by atoms with Crippen LogP contribution in [0.2, 0.25) is 10.0 Å². The van der Waals surface area contributed by atoms with Crippen LogP contribution in [0, 0.1) is 0 Å². The van der Waals surface area contributed by atoms with Gasteiger partial charge in [0.1, 0.15) is 11.5 Å². The van der Waals surface area contributed by atoms with Crippen LogP contribution in [-0.2, 0) is 0 Å². The van der Waals surface area contributed by atoms with E-state index in [4.69, 9.17) is 38.0 Å². The standard InChI is InChI=1S/C25H21Cl2N7O/c26-21-11-10-18(12-22(21)27)35-17-8-6-15(7-9-17)19-13-28-25-20(24-30-32-33-31-24)14-29-34(25)23(19)16-4-2-1-3-5-16/h6-14,16H,1-5H2,(H,30,31,32,33). The maximum absolute atomic E-state index is 6.12. The van der Waals surface area contributed by atoms with Crippen molar-refractivity contribution in [2.75, 3.05) is 0 Å². The van der Waals surface area contributed by atoms with Crippen LogP contribution in [0.25, 0.3) is 28.2 Å². The van der Waals surface area contributed by atoms with E-state index in [0.717, 1.165) is 35.2 Å². The number of rotatable bonds is 5. The Balaban J connectivity index is 1.39. The maximum atomic E-state index is 6.12. The highest BCUT2D eigenvalue weighted by Gasteiger charge is 2.25. The second kappa shape index (κ2) is 9.28. The minimum absolute atomic E-state index is 0.400. The molecule has 1 saturated carbocycles. The highest BCUT2D eigenvalue weighted by Crippen LogP contribution is 2.39. The fourth-order valence-corrected chi connectivity index (χ4v) is 5.05. The molecule has 0 amide bonds. The SMILES string of the molecule is Clc1ccc(Oc2ccc(-c3cnc4c(-c5nnn[nH]5)cnn4c3C3CCCCC3)cc2)cc1Cl. The van der Waals surface area contributed by atoms with Crippen LogP contribution in [0.15, 0.2) is 54.9 Å². The molecule has 1 aliphatic rings. The van der Waals surface area contributed by atoms with E-state index in [1.54, 1.807) is 24.4 Å². The van der Waals surface area contributed by atoms with E-state index in [2.05, 4.69) is 20.6 Å². The van der Waals surface area contributed by atoms with Crippen molar-refractivity contribution >= 4 is 28.8 Å². The monoisotopic (exact) mass is 505 g/mol. The zero-order valence-electron chi connectivity index (χ0n) is 18.7. The van der Waals surface area contributed by atoms with E-state index >= 15 is 0 Å². The summed E-state index contributed by atoms with van der Waals surface area (Å²) in [5, 5.41) is 19.9. The molecule has 0 bridgehead atoms. The molecule has 0 aliphatic heterocycles. The van der Waals surface area contributed by atoms with E-state index in [1.807, 2.05) is 35.0 Å². The van der Waals surface area contributed by atoms with Crippen LogP contribution in [0.5, 0.6) is 11.5 Å². The van der Waals surface area contributed by atoms with E-state index < -0.39 is 0 Å². The van der Waals surface area contributed by atoms with Gasteiger partial charge in [-0.1, -0.05) is 54.6 Å². The molecule has 0 atom stereocenters. The molecule has 1 fully saturated rings. The highest BCUT2D eigenvalue weighted by atomic mass is 35.5. The molecule has 0 saturated heterocycles. The third-order valence-electron chi connectivity index (χ3n) is 6.45. The lowest BCUT2D eigenvalue weighted by molar-refractivity contribution is 0.431. The summed E-state index contributed by atoms with van der Waals surface area (Å²) in [4.78, 5) is 4.76. The molecule has 1 aliphatic carbocycles. The van der Waals surface area contributed by atoms with Gasteiger partial charge in [0.05, 0.1) is 27.5 Å². The summed E-state index contributed by atoms with van der Waals surface area (Å²) in [6.07, 6.45) is 9.66. The molecular weight excluding hydrogens is 485 g/mol. The van der Waals surface area contributed by atoms with Crippen molar-refractivity contribution in [3.8, 4) is 34.0 Å². The smallest absolute Gasteiger partial charge is 0.184 e. The number of tetrazole rings is 1. The number of halogens is 2. The Kier molecular flexibility index (Phi) is 5.83. The quantitative estimate of drug-likeness (QED) is 0.284. The molecule has 2 aromatic carbocycles. The Morgan fingerprint density at radius 3 is 2.43 bits per heavy atom. The summed E-state index contributed by atoms with van der Waals surface area (Å²) < 4.78 is 7.93. The first-order chi connectivity index (χ1) is 17.2. The average Bonchev–Trinajstić information content (AvgIpc) is 3.57. The first-order valence-electron chi connectivity index (χ1n) is 11.5. The zero-order chi connectivity index (χ0) is 23.8. The van der Waals surface area contributed by atoms with Gasteiger partial charge in [-0.25, -0.2) is 14.6 Å². The van der Waals surface area contributed by atoms with Crippen molar-refractivity contribution in [1.29, 1.82) is 0 Å². The van der Waals surface area contributed by atoms with Gasteiger partial charge in [-0.15, -0.1) is 5.10 Å². The summed E-state index contributed by atoms with van der Waals surface area (Å²) in [6.45, 7) is 0. The number of ether oxygens (including phenoxy) is 1. The zero-order valence-corrected chi connectivity index (χ0v) is 20.2. The Labute approximate surface area is 211 Å². The normalized spacial score (nSPS) is 14.5. The number of hydrogen-bond acceptors (Lipinski definition) is 6. The topological polar surface area (TPSA) is 93.9 Å². The van der Waals surface area contributed by atoms with E-state index in [9.17, 15) is 0 Å². The molecule has 0 unspecified atom stereocenters. The number of benzene rings is 2. The Morgan fingerprint density at radius 2 is 1.69 bits per heavy atom. The first kappa shape index (κ1) is 22.0. The van der Waals surface area contributed by atoms with Gasteiger partial charge >= 0.3 is 0 Å². The van der Waals surface area contributed by atoms with Crippen LogP contribution >= 0.6 is 23.2 Å². The third-order valence-corrected chi connectivity index (χ3v) is 7.19. The number of aromatic amines is 1. The number of fused-ring (bicyclic) bond motifs is 1. The van der Waals surface area contributed by atoms with Crippen LogP contribution in [0.4, 0.5) is 0 Å². The summed E-state index contributed by atoms with van der Waals surface area (Å²) in [5.41, 5.74) is 4.82. The molecule has 1 N–H and O–H groups in total. The third kappa shape index (κ3) is 4.24. The number of hydrogen-bond donors (Lipinski definition) is 1. The average molecular weight is 506 g/mol. The second-order valence-corrected chi connectivity index (χ2v) is 9.45. The lowest BCUT2D eigenvalue weighted by Gasteiger charge is -2.25. The molecule has 5 aromatic rings. The molecule has 6 rings (SSSR count). The molecular formula is C25H21Cl2N7O. The van der Waals surface area contributed by atoms with Crippen molar-refractivity contribution in [2.24, 2.45) is 0 Å². The summed E-state index contributed by atoms with van der Waals surface area (Å²) >= 11 is 12.1. The molecule has 3 aromatic heterocycles. The first-order valence-corrected chi connectivity index (χ1v) is 12.3. The molecule has 3 heterocycles. The van der Waals surface area contributed by atoms with Gasteiger partial charge in [-0.3, -0.25) is 0 Å². The number of nitrogens with one attached hydrogen (secondary N) is 1. The van der Waals surface area contributed by atoms with Crippen LogP contribution in [0.3, 0.4) is 0 Å². The van der Waals surface area contributed by atoms with Gasteiger partial charge in [0.25, 0.3) is 0 Å². The van der Waals surface area contributed by atoms with Crippen LogP contribution in [0.1, 0.15) is 43.7 Å². The van der Waals surface area contributed by atoms with Gasteiger partial charge in [-0.2, -0.15) is 5.10 Å². The van der Waals surface area contributed by atoms with Gasteiger partial charge in [-0.05, 0) is 53.1 Å². The minimum Gasteiger partial charge on any atom is -0.457 e. The number of aromatic nitrogens is 7. The highest BCUT2D eigenvalue weighted by molar-refractivity contribution is 6.42. The Morgan fingerprint density at radius 1 is 0.886 bits per heavy atom. The second-order valence-electron chi connectivity index (χ2n) is 8.64.